The number of nitrogens with zero attached hydrogens (tertiary/aromatic N) is 2. The fraction of sp³-hybridized carbons (Fsp3) is 0.0769. The Kier molecular flexibility index (Phi) is 13.0. The minimum atomic E-state index is 1.10. The Hall–Kier alpha value is -9.76. The van der Waals surface area contributed by atoms with Crippen LogP contribution in [0.4, 0.5) is 34.1 Å². The van der Waals surface area contributed by atoms with Crippen molar-refractivity contribution < 1.29 is 0 Å². The first-order chi connectivity index (χ1) is 39.1. The van der Waals surface area contributed by atoms with Crippen LogP contribution in [0.1, 0.15) is 66.8 Å². The maximum absolute atomic E-state index is 2.43. The van der Waals surface area contributed by atoms with Crippen LogP contribution in [-0.2, 0) is 0 Å². The molecule has 0 unspecified atom stereocenters. The van der Waals surface area contributed by atoms with Crippen molar-refractivity contribution >= 4 is 101 Å². The van der Waals surface area contributed by atoms with Gasteiger partial charge in [0.25, 0.3) is 0 Å². The smallest absolute Gasteiger partial charge is 0.0540 e. The SMILES string of the molecule is Cc1ccc(C(=Cc2ccc(N(c3ccc(C)cc3)c3ccc4c5cccc6c(N(c7ccc(C)cc7)c7ccc(C=C(c8ccc(C)cc8)c8ccc(C)cc8)cc7)ccc(c7cccc3c74)c65)cc2)c2ccc(C)cc2)cc1. The standard InChI is InChI=1S/C78H62N2/c1-51-13-29-59(30-14-51)73(60-31-15-52(2)16-32-60)49-57-25-41-65(42-26-57)79(63-37-21-55(5)22-38-63)75-47-45-69-68-10-8-12-72-76(48-46-70(78(68)72)67-9-7-11-71(75)77(67)69)80(64-39-23-56(6)24-40-64)66-43-27-58(28-44-66)50-74(61-33-17-53(3)18-34-61)62-35-19-54(4)20-36-62/h7-50H,1-6H3. The van der Waals surface area contributed by atoms with Gasteiger partial charge in [-0.25, -0.2) is 0 Å². The van der Waals surface area contributed by atoms with E-state index in [1.54, 1.807) is 0 Å². The predicted octanol–water partition coefficient (Wildman–Crippen LogP) is 21.7. The number of hydrogen-bond donors (Lipinski definition) is 0. The Labute approximate surface area is 470 Å². The summed E-state index contributed by atoms with van der Waals surface area (Å²) < 4.78 is 0. The number of anilines is 6. The molecule has 80 heavy (non-hydrogen) atoms. The molecule has 13 aromatic carbocycles. The zero-order valence-corrected chi connectivity index (χ0v) is 46.3. The quantitative estimate of drug-likeness (QED) is 0.0684. The lowest BCUT2D eigenvalue weighted by Crippen LogP contribution is -2.11. The van der Waals surface area contributed by atoms with Crippen LogP contribution in [0.2, 0.25) is 0 Å². The summed E-state index contributed by atoms with van der Waals surface area (Å²) >= 11 is 0. The molecule has 0 aliphatic rings. The highest BCUT2D eigenvalue weighted by molar-refractivity contribution is 6.35. The van der Waals surface area contributed by atoms with Gasteiger partial charge in [-0.05, 0) is 191 Å². The van der Waals surface area contributed by atoms with E-state index in [-0.39, 0.29) is 0 Å². The molecule has 13 aromatic rings. The number of fused-ring (bicyclic) bond motifs is 2. The number of rotatable bonds is 12. The van der Waals surface area contributed by atoms with Crippen molar-refractivity contribution in [2.45, 2.75) is 41.5 Å². The Morgan fingerprint density at radius 2 is 0.475 bits per heavy atom. The van der Waals surface area contributed by atoms with Gasteiger partial charge in [0.15, 0.2) is 0 Å². The summed E-state index contributed by atoms with van der Waals surface area (Å²) in [5.74, 6) is 0. The average Bonchev–Trinajstić information content (AvgIpc) is 3.60. The number of benzene rings is 13. The van der Waals surface area contributed by atoms with Gasteiger partial charge in [-0.3, -0.25) is 0 Å². The maximum atomic E-state index is 2.43. The first-order valence-electron chi connectivity index (χ1n) is 27.9. The van der Waals surface area contributed by atoms with E-state index in [0.717, 1.165) is 45.3 Å². The number of hydrogen-bond acceptors (Lipinski definition) is 2. The lowest BCUT2D eigenvalue weighted by Gasteiger charge is -2.29. The maximum Gasteiger partial charge on any atom is 0.0540 e. The molecule has 0 saturated heterocycles. The van der Waals surface area contributed by atoms with Crippen LogP contribution in [0.5, 0.6) is 0 Å². The summed E-state index contributed by atoms with van der Waals surface area (Å²) in [5, 5.41) is 9.94. The van der Waals surface area contributed by atoms with Gasteiger partial charge in [0, 0.05) is 33.5 Å². The van der Waals surface area contributed by atoms with Crippen molar-refractivity contribution in [3.8, 4) is 0 Å². The summed E-state index contributed by atoms with van der Waals surface area (Å²) in [5.41, 5.74) is 23.6. The van der Waals surface area contributed by atoms with Crippen molar-refractivity contribution in [3.63, 3.8) is 0 Å². The van der Waals surface area contributed by atoms with Crippen molar-refractivity contribution in [1.29, 1.82) is 0 Å². The first-order valence-corrected chi connectivity index (χ1v) is 27.9. The Morgan fingerprint density at radius 1 is 0.237 bits per heavy atom. The van der Waals surface area contributed by atoms with E-state index in [9.17, 15) is 0 Å². The topological polar surface area (TPSA) is 6.48 Å². The average molecular weight is 1030 g/mol. The zero-order chi connectivity index (χ0) is 54.4. The van der Waals surface area contributed by atoms with Crippen LogP contribution in [0.3, 0.4) is 0 Å². The molecule has 0 saturated carbocycles. The molecule has 0 heterocycles. The third-order valence-corrected chi connectivity index (χ3v) is 16.1. The van der Waals surface area contributed by atoms with Gasteiger partial charge in [0.2, 0.25) is 0 Å². The summed E-state index contributed by atoms with van der Waals surface area (Å²) in [6.45, 7) is 12.9. The van der Waals surface area contributed by atoms with Crippen LogP contribution in [0.25, 0.3) is 66.4 Å². The summed E-state index contributed by atoms with van der Waals surface area (Å²) in [7, 11) is 0. The summed E-state index contributed by atoms with van der Waals surface area (Å²) in [6.07, 6.45) is 4.65. The van der Waals surface area contributed by atoms with Gasteiger partial charge in [-0.15, -0.1) is 0 Å². The molecule has 2 nitrogen and oxygen atoms in total. The summed E-state index contributed by atoms with van der Waals surface area (Å²) in [4.78, 5) is 4.87. The van der Waals surface area contributed by atoms with E-state index in [1.165, 1.54) is 110 Å². The van der Waals surface area contributed by atoms with Crippen LogP contribution in [-0.4, -0.2) is 0 Å². The second kappa shape index (κ2) is 20.9. The lowest BCUT2D eigenvalue weighted by atomic mass is 9.88. The molecule has 0 fully saturated rings. The molecule has 0 aliphatic carbocycles. The molecule has 2 heteroatoms. The fourth-order valence-electron chi connectivity index (χ4n) is 11.7. The molecule has 0 radical (unpaired) electrons. The van der Waals surface area contributed by atoms with Crippen LogP contribution in [0.15, 0.2) is 255 Å². The van der Waals surface area contributed by atoms with Crippen LogP contribution < -0.4 is 9.80 Å². The van der Waals surface area contributed by atoms with Crippen LogP contribution >= 0.6 is 0 Å². The van der Waals surface area contributed by atoms with E-state index in [0.29, 0.717) is 0 Å². The molecule has 0 aromatic heterocycles. The molecule has 0 spiro atoms. The molecule has 384 valence electrons. The molecule has 0 N–H and O–H groups in total. The summed E-state index contributed by atoms with van der Waals surface area (Å²) in [6, 6.07) is 94.7. The molecule has 0 amide bonds. The second-order valence-electron chi connectivity index (χ2n) is 21.8. The predicted molar refractivity (Wildman–Crippen MR) is 345 cm³/mol. The van der Waals surface area contributed by atoms with E-state index in [4.69, 9.17) is 0 Å². The molecule has 0 atom stereocenters. The molecular formula is C78H62N2. The van der Waals surface area contributed by atoms with Gasteiger partial charge >= 0.3 is 0 Å². The highest BCUT2D eigenvalue weighted by Crippen LogP contribution is 2.49. The minimum Gasteiger partial charge on any atom is -0.310 e. The van der Waals surface area contributed by atoms with Crippen molar-refractivity contribution in [2.75, 3.05) is 9.80 Å². The molecule has 0 bridgehead atoms. The third-order valence-electron chi connectivity index (χ3n) is 16.1. The van der Waals surface area contributed by atoms with Crippen molar-refractivity contribution in [2.24, 2.45) is 0 Å². The Bertz CT molecular complexity index is 4030. The van der Waals surface area contributed by atoms with Gasteiger partial charge in [0.1, 0.15) is 0 Å². The van der Waals surface area contributed by atoms with Gasteiger partial charge in [-0.1, -0.05) is 228 Å². The highest BCUT2D eigenvalue weighted by atomic mass is 15.1. The lowest BCUT2D eigenvalue weighted by molar-refractivity contribution is 1.29. The monoisotopic (exact) mass is 1030 g/mol. The minimum absolute atomic E-state index is 1.10. The zero-order valence-electron chi connectivity index (χ0n) is 46.3. The van der Waals surface area contributed by atoms with E-state index in [1.807, 2.05) is 0 Å². The van der Waals surface area contributed by atoms with Crippen molar-refractivity contribution in [1.82, 2.24) is 0 Å². The first kappa shape index (κ1) is 49.8. The molecule has 13 rings (SSSR count). The largest absolute Gasteiger partial charge is 0.310 e. The Morgan fingerprint density at radius 3 is 0.762 bits per heavy atom. The van der Waals surface area contributed by atoms with Crippen molar-refractivity contribution in [3.05, 3.63) is 322 Å². The molecule has 0 aliphatic heterocycles. The Balaban J connectivity index is 0.925. The normalized spacial score (nSPS) is 11.4. The fourth-order valence-corrected chi connectivity index (χ4v) is 11.7. The number of aryl methyl sites for hydroxylation is 6. The van der Waals surface area contributed by atoms with Gasteiger partial charge in [-0.2, -0.15) is 0 Å². The van der Waals surface area contributed by atoms with Crippen LogP contribution in [0, 0.1) is 41.5 Å². The van der Waals surface area contributed by atoms with Gasteiger partial charge in [0.05, 0.1) is 11.4 Å². The van der Waals surface area contributed by atoms with E-state index < -0.39 is 0 Å². The second-order valence-corrected chi connectivity index (χ2v) is 21.8. The van der Waals surface area contributed by atoms with E-state index >= 15 is 0 Å². The highest BCUT2D eigenvalue weighted by Gasteiger charge is 2.23. The van der Waals surface area contributed by atoms with Gasteiger partial charge < -0.3 is 9.80 Å². The third kappa shape index (κ3) is 9.50. The van der Waals surface area contributed by atoms with E-state index in [2.05, 4.69) is 318 Å². The molecular weight excluding hydrogens is 965 g/mol.